The van der Waals surface area contributed by atoms with E-state index >= 15 is 0 Å². The zero-order chi connectivity index (χ0) is 10.1. The van der Waals surface area contributed by atoms with Gasteiger partial charge >= 0.3 is 5.97 Å². The lowest BCUT2D eigenvalue weighted by Crippen LogP contribution is -2.31. The lowest BCUT2D eigenvalue weighted by molar-refractivity contribution is -0.138. The third-order valence-electron chi connectivity index (χ3n) is 1.74. The number of carbonyl (C=O) groups is 1. The summed E-state index contributed by atoms with van der Waals surface area (Å²) in [5, 5.41) is 11.6. The van der Waals surface area contributed by atoms with E-state index in [9.17, 15) is 4.79 Å². The van der Waals surface area contributed by atoms with Crippen molar-refractivity contribution in [1.82, 2.24) is 5.32 Å². The van der Waals surface area contributed by atoms with Crippen molar-refractivity contribution in [2.24, 2.45) is 11.5 Å². The van der Waals surface area contributed by atoms with E-state index in [1.165, 1.54) is 0 Å². The molecule has 0 saturated heterocycles. The smallest absolute Gasteiger partial charge is 0.320 e. The van der Waals surface area contributed by atoms with Crippen LogP contribution in [-0.4, -0.2) is 36.8 Å². The molecule has 1 atom stereocenters. The fourth-order valence-electron chi connectivity index (χ4n) is 0.923. The van der Waals surface area contributed by atoms with E-state index in [0.717, 1.165) is 25.9 Å². The Morgan fingerprint density at radius 1 is 1.19 bits per heavy atom. The molecule has 0 aromatic heterocycles. The zero-order valence-electron chi connectivity index (χ0n) is 9.05. The van der Waals surface area contributed by atoms with Gasteiger partial charge < -0.3 is 21.9 Å². The van der Waals surface area contributed by atoms with Gasteiger partial charge in [-0.25, -0.2) is 0 Å². The lowest BCUT2D eigenvalue weighted by atomic mass is 10.2. The van der Waals surface area contributed by atoms with Crippen LogP contribution >= 0.6 is 37.2 Å². The minimum absolute atomic E-state index is 0. The number of hydrogen-bond donors (Lipinski definition) is 4. The molecule has 102 valence electrons. The quantitative estimate of drug-likeness (QED) is 0.485. The molecule has 0 amide bonds. The highest BCUT2D eigenvalue weighted by Crippen LogP contribution is 1.92. The van der Waals surface area contributed by atoms with Crippen molar-refractivity contribution in [1.29, 1.82) is 0 Å². The molecular weight excluding hydrogens is 276 g/mol. The molecule has 0 aliphatic carbocycles. The van der Waals surface area contributed by atoms with Gasteiger partial charge in [0.2, 0.25) is 0 Å². The van der Waals surface area contributed by atoms with Crippen molar-refractivity contribution in [3.05, 3.63) is 0 Å². The Morgan fingerprint density at radius 3 is 2.12 bits per heavy atom. The highest BCUT2D eigenvalue weighted by atomic mass is 35.5. The number of nitrogens with two attached hydrogens (primary N) is 2. The molecule has 0 rings (SSSR count). The SMILES string of the molecule is Cl.Cl.Cl.NCCCNCCC[C@H](N)C(=O)O. The molecule has 0 bridgehead atoms. The summed E-state index contributed by atoms with van der Waals surface area (Å²) in [6.07, 6.45) is 2.26. The Labute approximate surface area is 115 Å². The maximum atomic E-state index is 10.3. The average molecular weight is 299 g/mol. The molecule has 0 spiro atoms. The van der Waals surface area contributed by atoms with E-state index < -0.39 is 12.0 Å². The maximum Gasteiger partial charge on any atom is 0.320 e. The highest BCUT2D eigenvalue weighted by molar-refractivity contribution is 5.86. The lowest BCUT2D eigenvalue weighted by Gasteiger charge is -2.06. The minimum Gasteiger partial charge on any atom is -0.480 e. The van der Waals surface area contributed by atoms with E-state index in [0.29, 0.717) is 13.0 Å². The number of hydrogen-bond acceptors (Lipinski definition) is 4. The molecular formula is C8H22Cl3N3O2. The Balaban J connectivity index is -0.000000240. The molecule has 0 aliphatic rings. The second-order valence-corrected chi connectivity index (χ2v) is 2.98. The average Bonchev–Trinajstić information content (AvgIpc) is 2.10. The third-order valence-corrected chi connectivity index (χ3v) is 1.74. The second-order valence-electron chi connectivity index (χ2n) is 2.98. The first-order chi connectivity index (χ1) is 6.18. The van der Waals surface area contributed by atoms with Gasteiger partial charge in [-0.1, -0.05) is 0 Å². The summed E-state index contributed by atoms with van der Waals surface area (Å²) in [5.41, 5.74) is 10.6. The monoisotopic (exact) mass is 297 g/mol. The Kier molecular flexibility index (Phi) is 27.7. The van der Waals surface area contributed by atoms with E-state index in [4.69, 9.17) is 16.6 Å². The van der Waals surface area contributed by atoms with Crippen LogP contribution < -0.4 is 16.8 Å². The molecule has 16 heavy (non-hydrogen) atoms. The topological polar surface area (TPSA) is 101 Å². The first kappa shape index (κ1) is 25.2. The van der Waals surface area contributed by atoms with Gasteiger partial charge in [0.1, 0.15) is 6.04 Å². The summed E-state index contributed by atoms with van der Waals surface area (Å²) in [6.45, 7) is 2.38. The predicted molar refractivity (Wildman–Crippen MR) is 73.1 cm³/mol. The number of halogens is 3. The van der Waals surface area contributed by atoms with Crippen molar-refractivity contribution >= 4 is 43.2 Å². The first-order valence-electron chi connectivity index (χ1n) is 4.57. The van der Waals surface area contributed by atoms with Crippen molar-refractivity contribution in [3.8, 4) is 0 Å². The second kappa shape index (κ2) is 17.6. The van der Waals surface area contributed by atoms with Gasteiger partial charge in [0.15, 0.2) is 0 Å². The summed E-state index contributed by atoms with van der Waals surface area (Å²) in [4.78, 5) is 10.3. The third kappa shape index (κ3) is 16.6. The minimum atomic E-state index is -0.929. The van der Waals surface area contributed by atoms with Crippen molar-refractivity contribution in [2.45, 2.75) is 25.3 Å². The van der Waals surface area contributed by atoms with Gasteiger partial charge in [0.05, 0.1) is 0 Å². The maximum absolute atomic E-state index is 10.3. The fourth-order valence-corrected chi connectivity index (χ4v) is 0.923. The highest BCUT2D eigenvalue weighted by Gasteiger charge is 2.09. The van der Waals surface area contributed by atoms with Gasteiger partial charge in [-0.15, -0.1) is 37.2 Å². The zero-order valence-corrected chi connectivity index (χ0v) is 11.5. The van der Waals surface area contributed by atoms with Crippen LogP contribution in [0.25, 0.3) is 0 Å². The molecule has 8 heteroatoms. The number of carboxylic acids is 1. The largest absolute Gasteiger partial charge is 0.480 e. The molecule has 5 nitrogen and oxygen atoms in total. The van der Waals surface area contributed by atoms with Crippen molar-refractivity contribution in [2.75, 3.05) is 19.6 Å². The van der Waals surface area contributed by atoms with E-state index in [-0.39, 0.29) is 37.2 Å². The standard InChI is InChI=1S/C8H19N3O2.3ClH/c9-4-2-6-11-5-1-3-7(10)8(12)13;;;/h7,11H,1-6,9-10H2,(H,12,13);3*1H/t7-;;;/m0.../s1. The van der Waals surface area contributed by atoms with Crippen LogP contribution in [0.3, 0.4) is 0 Å². The molecule has 0 aromatic rings. The van der Waals surface area contributed by atoms with Gasteiger partial charge in [0.25, 0.3) is 0 Å². The molecule has 0 saturated carbocycles. The fraction of sp³-hybridized carbons (Fsp3) is 0.875. The van der Waals surface area contributed by atoms with E-state index in [2.05, 4.69) is 5.32 Å². The number of carboxylic acid groups (broad SMARTS) is 1. The Morgan fingerprint density at radius 2 is 1.69 bits per heavy atom. The van der Waals surface area contributed by atoms with E-state index in [1.54, 1.807) is 0 Å². The van der Waals surface area contributed by atoms with Crippen LogP contribution in [0.2, 0.25) is 0 Å². The summed E-state index contributed by atoms with van der Waals surface area (Å²) >= 11 is 0. The Bertz CT molecular complexity index is 152. The molecule has 0 aliphatic heterocycles. The van der Waals surface area contributed by atoms with Crippen molar-refractivity contribution in [3.63, 3.8) is 0 Å². The predicted octanol–water partition coefficient (Wildman–Crippen LogP) is 0.382. The molecule has 0 unspecified atom stereocenters. The number of rotatable bonds is 8. The Hall–Kier alpha value is 0.220. The van der Waals surface area contributed by atoms with Crippen LogP contribution in [0.5, 0.6) is 0 Å². The van der Waals surface area contributed by atoms with Gasteiger partial charge in [-0.2, -0.15) is 0 Å². The molecule has 0 fully saturated rings. The summed E-state index contributed by atoms with van der Waals surface area (Å²) in [6, 6.07) is -0.726. The number of nitrogens with one attached hydrogen (secondary N) is 1. The van der Waals surface area contributed by atoms with Crippen LogP contribution in [0.15, 0.2) is 0 Å². The van der Waals surface area contributed by atoms with Crippen molar-refractivity contribution < 1.29 is 9.90 Å². The summed E-state index contributed by atoms with van der Waals surface area (Å²) in [7, 11) is 0. The van der Waals surface area contributed by atoms with Gasteiger partial charge in [-0.3, -0.25) is 4.79 Å². The van der Waals surface area contributed by atoms with Gasteiger partial charge in [-0.05, 0) is 38.9 Å². The molecule has 0 aromatic carbocycles. The normalized spacial score (nSPS) is 10.4. The van der Waals surface area contributed by atoms with Crippen LogP contribution in [0.1, 0.15) is 19.3 Å². The van der Waals surface area contributed by atoms with Crippen LogP contribution in [0, 0.1) is 0 Å². The number of aliphatic carboxylic acids is 1. The first-order valence-corrected chi connectivity index (χ1v) is 4.57. The summed E-state index contributed by atoms with van der Waals surface area (Å²) < 4.78 is 0. The van der Waals surface area contributed by atoms with E-state index in [1.807, 2.05) is 0 Å². The molecule has 0 heterocycles. The van der Waals surface area contributed by atoms with Crippen LogP contribution in [-0.2, 0) is 4.79 Å². The van der Waals surface area contributed by atoms with Crippen LogP contribution in [0.4, 0.5) is 0 Å². The summed E-state index contributed by atoms with van der Waals surface area (Å²) in [5.74, 6) is -0.929. The molecule has 6 N–H and O–H groups in total. The van der Waals surface area contributed by atoms with Gasteiger partial charge in [0, 0.05) is 0 Å². The molecule has 0 radical (unpaired) electrons.